The van der Waals surface area contributed by atoms with E-state index in [-0.39, 0.29) is 17.5 Å². The van der Waals surface area contributed by atoms with Crippen LogP contribution in [0.4, 0.5) is 4.79 Å². The summed E-state index contributed by atoms with van der Waals surface area (Å²) in [5.41, 5.74) is 0.837. The molecule has 1 aliphatic heterocycles. The molecule has 0 atom stereocenters. The molecule has 0 aliphatic carbocycles. The Kier molecular flexibility index (Phi) is 6.82. The fourth-order valence-electron chi connectivity index (χ4n) is 2.93. The summed E-state index contributed by atoms with van der Waals surface area (Å²) in [5.74, 6) is 0. The number of rotatable bonds is 5. The smallest absolute Gasteiger partial charge is 0.407 e. The van der Waals surface area contributed by atoms with Crippen molar-refractivity contribution in [2.24, 2.45) is 0 Å². The van der Waals surface area contributed by atoms with Gasteiger partial charge in [0.25, 0.3) is 0 Å². The third-order valence-corrected chi connectivity index (χ3v) is 6.93. The lowest BCUT2D eigenvalue weighted by atomic mass is 10.1. The normalized spacial score (nSPS) is 15.9. The van der Waals surface area contributed by atoms with E-state index < -0.39 is 16.1 Å². The third-order valence-electron chi connectivity index (χ3n) is 4.51. The van der Waals surface area contributed by atoms with Gasteiger partial charge < -0.3 is 10.1 Å². The van der Waals surface area contributed by atoms with Gasteiger partial charge in [0, 0.05) is 29.2 Å². The van der Waals surface area contributed by atoms with Gasteiger partial charge >= 0.3 is 6.09 Å². The quantitative estimate of drug-likeness (QED) is 0.756. The zero-order valence-electron chi connectivity index (χ0n) is 15.0. The standard InChI is InChI=1S/C19H20Cl2N2O4S/c20-15-3-1-14(2-4-15)13-27-19(24)22-17-9-11-23(12-10-17)28(25,26)18-7-5-16(21)6-8-18/h1-8,17H,9-13H2,(H,22,24). The molecule has 1 amide bonds. The van der Waals surface area contributed by atoms with Crippen molar-refractivity contribution < 1.29 is 17.9 Å². The number of benzene rings is 2. The fourth-order valence-corrected chi connectivity index (χ4v) is 4.66. The first-order chi connectivity index (χ1) is 13.3. The van der Waals surface area contributed by atoms with E-state index in [0.717, 1.165) is 5.56 Å². The van der Waals surface area contributed by atoms with Crippen molar-refractivity contribution in [1.29, 1.82) is 0 Å². The summed E-state index contributed by atoms with van der Waals surface area (Å²) in [4.78, 5) is 12.2. The zero-order valence-corrected chi connectivity index (χ0v) is 17.3. The molecule has 2 aromatic rings. The molecule has 150 valence electrons. The Morgan fingerprint density at radius 1 is 1.00 bits per heavy atom. The lowest BCUT2D eigenvalue weighted by Gasteiger charge is -2.31. The molecule has 0 radical (unpaired) electrons. The van der Waals surface area contributed by atoms with Gasteiger partial charge in [-0.3, -0.25) is 0 Å². The van der Waals surface area contributed by atoms with Crippen LogP contribution in [0, 0.1) is 0 Å². The van der Waals surface area contributed by atoms with Gasteiger partial charge in [-0.15, -0.1) is 0 Å². The van der Waals surface area contributed by atoms with E-state index in [4.69, 9.17) is 27.9 Å². The summed E-state index contributed by atoms with van der Waals surface area (Å²) in [6.45, 7) is 0.799. The number of amides is 1. The highest BCUT2D eigenvalue weighted by molar-refractivity contribution is 7.89. The average Bonchev–Trinajstić information content (AvgIpc) is 2.68. The maximum atomic E-state index is 12.7. The van der Waals surface area contributed by atoms with Crippen LogP contribution in [0.2, 0.25) is 10.0 Å². The van der Waals surface area contributed by atoms with Crippen LogP contribution >= 0.6 is 23.2 Å². The SMILES string of the molecule is O=C(NC1CCN(S(=O)(=O)c2ccc(Cl)cc2)CC1)OCc1ccc(Cl)cc1. The summed E-state index contributed by atoms with van der Waals surface area (Å²) in [7, 11) is -3.56. The molecule has 0 aromatic heterocycles. The summed E-state index contributed by atoms with van der Waals surface area (Å²) in [6, 6.07) is 13.0. The first kappa shape index (κ1) is 20.9. The van der Waals surface area contributed by atoms with Crippen LogP contribution in [0.5, 0.6) is 0 Å². The topological polar surface area (TPSA) is 75.7 Å². The number of alkyl carbamates (subject to hydrolysis) is 1. The highest BCUT2D eigenvalue weighted by Crippen LogP contribution is 2.22. The lowest BCUT2D eigenvalue weighted by Crippen LogP contribution is -2.46. The second-order valence-electron chi connectivity index (χ2n) is 6.48. The van der Waals surface area contributed by atoms with Gasteiger partial charge in [0.2, 0.25) is 10.0 Å². The summed E-state index contributed by atoms with van der Waals surface area (Å²) >= 11 is 11.6. The van der Waals surface area contributed by atoms with Crippen molar-refractivity contribution in [3.05, 3.63) is 64.1 Å². The minimum Gasteiger partial charge on any atom is -0.445 e. The molecule has 9 heteroatoms. The molecule has 0 saturated carbocycles. The number of hydrogen-bond acceptors (Lipinski definition) is 4. The van der Waals surface area contributed by atoms with Crippen LogP contribution in [-0.4, -0.2) is 37.9 Å². The summed E-state index contributed by atoms with van der Waals surface area (Å²) < 4.78 is 32.0. The van der Waals surface area contributed by atoms with Crippen LogP contribution in [0.15, 0.2) is 53.4 Å². The Labute approximate surface area is 174 Å². The van der Waals surface area contributed by atoms with Gasteiger partial charge in [-0.05, 0) is 54.8 Å². The molecule has 2 aromatic carbocycles. The molecule has 0 bridgehead atoms. The van der Waals surface area contributed by atoms with Crippen LogP contribution in [0.3, 0.4) is 0 Å². The number of hydrogen-bond donors (Lipinski definition) is 1. The maximum Gasteiger partial charge on any atom is 0.407 e. The average molecular weight is 443 g/mol. The maximum absolute atomic E-state index is 12.7. The number of halogens is 2. The largest absolute Gasteiger partial charge is 0.445 e. The van der Waals surface area contributed by atoms with Gasteiger partial charge in [0.05, 0.1) is 4.90 Å². The van der Waals surface area contributed by atoms with Crippen molar-refractivity contribution in [2.75, 3.05) is 13.1 Å². The van der Waals surface area contributed by atoms with Crippen molar-refractivity contribution in [3.8, 4) is 0 Å². The molecule has 6 nitrogen and oxygen atoms in total. The molecule has 1 saturated heterocycles. The van der Waals surface area contributed by atoms with E-state index in [1.54, 1.807) is 36.4 Å². The number of carbonyl (C=O) groups is 1. The van der Waals surface area contributed by atoms with Crippen LogP contribution in [0.1, 0.15) is 18.4 Å². The van der Waals surface area contributed by atoms with E-state index >= 15 is 0 Å². The third kappa shape index (κ3) is 5.38. The summed E-state index contributed by atoms with van der Waals surface area (Å²) in [6.07, 6.45) is 0.514. The number of nitrogens with one attached hydrogen (secondary N) is 1. The van der Waals surface area contributed by atoms with E-state index in [1.165, 1.54) is 16.4 Å². The van der Waals surface area contributed by atoms with Crippen molar-refractivity contribution in [1.82, 2.24) is 9.62 Å². The monoisotopic (exact) mass is 442 g/mol. The Morgan fingerprint density at radius 3 is 2.11 bits per heavy atom. The zero-order chi connectivity index (χ0) is 20.1. The van der Waals surface area contributed by atoms with Crippen molar-refractivity contribution in [2.45, 2.75) is 30.4 Å². The van der Waals surface area contributed by atoms with Crippen molar-refractivity contribution in [3.63, 3.8) is 0 Å². The Hall–Kier alpha value is -1.80. The van der Waals surface area contributed by atoms with Crippen LogP contribution < -0.4 is 5.32 Å². The number of sulfonamides is 1. The van der Waals surface area contributed by atoms with E-state index in [2.05, 4.69) is 5.32 Å². The lowest BCUT2D eigenvalue weighted by molar-refractivity contribution is 0.131. The molecule has 3 rings (SSSR count). The van der Waals surface area contributed by atoms with Gasteiger partial charge in [0.15, 0.2) is 0 Å². The number of ether oxygens (including phenoxy) is 1. The predicted molar refractivity (Wildman–Crippen MR) is 108 cm³/mol. The highest BCUT2D eigenvalue weighted by atomic mass is 35.5. The molecular formula is C19H20Cl2N2O4S. The van der Waals surface area contributed by atoms with Crippen LogP contribution in [-0.2, 0) is 21.4 Å². The Morgan fingerprint density at radius 2 is 1.54 bits per heavy atom. The molecule has 28 heavy (non-hydrogen) atoms. The molecule has 1 heterocycles. The molecule has 1 fully saturated rings. The molecular weight excluding hydrogens is 423 g/mol. The number of piperidine rings is 1. The van der Waals surface area contributed by atoms with E-state index in [0.29, 0.717) is 36.0 Å². The van der Waals surface area contributed by atoms with Gasteiger partial charge in [-0.2, -0.15) is 4.31 Å². The minimum absolute atomic E-state index is 0.130. The van der Waals surface area contributed by atoms with E-state index in [9.17, 15) is 13.2 Å². The molecule has 1 aliphatic rings. The number of nitrogens with zero attached hydrogens (tertiary/aromatic N) is 1. The Balaban J connectivity index is 1.47. The van der Waals surface area contributed by atoms with E-state index in [1.807, 2.05) is 0 Å². The van der Waals surface area contributed by atoms with Gasteiger partial charge in [-0.1, -0.05) is 35.3 Å². The Bertz CT molecular complexity index is 910. The second-order valence-corrected chi connectivity index (χ2v) is 9.29. The second kappa shape index (κ2) is 9.13. The summed E-state index contributed by atoms with van der Waals surface area (Å²) in [5, 5.41) is 3.90. The minimum atomic E-state index is -3.56. The highest BCUT2D eigenvalue weighted by Gasteiger charge is 2.30. The van der Waals surface area contributed by atoms with Gasteiger partial charge in [0.1, 0.15) is 6.61 Å². The number of carbonyl (C=O) groups excluding carboxylic acids is 1. The van der Waals surface area contributed by atoms with Gasteiger partial charge in [-0.25, -0.2) is 13.2 Å². The molecule has 0 spiro atoms. The first-order valence-electron chi connectivity index (χ1n) is 8.78. The fraction of sp³-hybridized carbons (Fsp3) is 0.316. The molecule has 0 unspecified atom stereocenters. The van der Waals surface area contributed by atoms with Crippen molar-refractivity contribution >= 4 is 39.3 Å². The predicted octanol–water partition coefficient (Wildman–Crippen LogP) is 4.07. The van der Waals surface area contributed by atoms with Crippen LogP contribution in [0.25, 0.3) is 0 Å². The molecule has 1 N–H and O–H groups in total. The first-order valence-corrected chi connectivity index (χ1v) is 11.0.